The van der Waals surface area contributed by atoms with Crippen LogP contribution in [0.15, 0.2) is 43.1 Å². The van der Waals surface area contributed by atoms with Crippen LogP contribution in [0.25, 0.3) is 0 Å². The fourth-order valence-corrected chi connectivity index (χ4v) is 3.63. The van der Waals surface area contributed by atoms with Crippen molar-refractivity contribution in [1.82, 2.24) is 19.5 Å². The molecule has 10 heteroatoms. The maximum Gasteiger partial charge on any atom is 0.159 e. The van der Waals surface area contributed by atoms with Gasteiger partial charge in [-0.25, -0.2) is 19.3 Å². The van der Waals surface area contributed by atoms with Gasteiger partial charge in [-0.2, -0.15) is 0 Å². The maximum atomic E-state index is 13.3. The second kappa shape index (κ2) is 7.30. The summed E-state index contributed by atoms with van der Waals surface area (Å²) in [5, 5.41) is 0. The first-order valence-electron chi connectivity index (χ1n) is 9.12. The molecule has 1 aliphatic rings. The van der Waals surface area contributed by atoms with E-state index in [0.717, 1.165) is 23.6 Å². The Morgan fingerprint density at radius 2 is 1.90 bits per heavy atom. The zero-order valence-corrected chi connectivity index (χ0v) is 16.4. The molecule has 3 atom stereocenters. The maximum absolute atomic E-state index is 13.3. The molecule has 0 radical (unpaired) electrons. The number of anilines is 2. The minimum Gasteiger partial charge on any atom is -0.497 e. The SMILES string of the molecule is COc1ccc2c(c1)C(N)N(c1cn(C)cn1)C(N)N2C(C)c1ncc(F)cn1. The van der Waals surface area contributed by atoms with Gasteiger partial charge in [0.05, 0.1) is 31.9 Å². The molecule has 3 unspecified atom stereocenters. The number of aromatic nitrogens is 4. The van der Waals surface area contributed by atoms with Gasteiger partial charge in [-0.1, -0.05) is 0 Å². The Labute approximate surface area is 167 Å². The largest absolute Gasteiger partial charge is 0.497 e. The van der Waals surface area contributed by atoms with Crippen molar-refractivity contribution in [2.24, 2.45) is 18.5 Å². The fourth-order valence-electron chi connectivity index (χ4n) is 3.63. The molecule has 0 amide bonds. The van der Waals surface area contributed by atoms with Crippen molar-refractivity contribution >= 4 is 11.5 Å². The third-order valence-electron chi connectivity index (χ3n) is 5.09. The van der Waals surface area contributed by atoms with E-state index in [1.165, 1.54) is 0 Å². The molecule has 152 valence electrons. The average Bonchev–Trinajstić information content (AvgIpc) is 3.14. The summed E-state index contributed by atoms with van der Waals surface area (Å²) in [7, 11) is 3.48. The van der Waals surface area contributed by atoms with Crippen LogP contribution in [-0.2, 0) is 7.05 Å². The third-order valence-corrected chi connectivity index (χ3v) is 5.09. The van der Waals surface area contributed by atoms with E-state index in [0.29, 0.717) is 17.4 Å². The molecule has 9 nitrogen and oxygen atoms in total. The Morgan fingerprint density at radius 1 is 1.17 bits per heavy atom. The smallest absolute Gasteiger partial charge is 0.159 e. The van der Waals surface area contributed by atoms with Crippen LogP contribution in [-0.4, -0.2) is 32.9 Å². The fraction of sp³-hybridized carbons (Fsp3) is 0.316. The molecule has 0 saturated carbocycles. The summed E-state index contributed by atoms with van der Waals surface area (Å²) < 4.78 is 20.5. The first-order valence-corrected chi connectivity index (χ1v) is 9.12. The Bertz CT molecular complexity index is 1010. The van der Waals surface area contributed by atoms with Gasteiger partial charge in [0.1, 0.15) is 11.9 Å². The highest BCUT2D eigenvalue weighted by molar-refractivity contribution is 5.65. The molecular formula is C19H23FN8O. The summed E-state index contributed by atoms with van der Waals surface area (Å²) in [6.07, 6.45) is 4.64. The van der Waals surface area contributed by atoms with Crippen molar-refractivity contribution in [3.63, 3.8) is 0 Å². The van der Waals surface area contributed by atoms with Crippen molar-refractivity contribution in [2.45, 2.75) is 25.4 Å². The number of imidazole rings is 1. The number of fused-ring (bicyclic) bond motifs is 1. The Hall–Kier alpha value is -3.24. The minimum absolute atomic E-state index is 0.351. The predicted molar refractivity (Wildman–Crippen MR) is 106 cm³/mol. The van der Waals surface area contributed by atoms with E-state index < -0.39 is 18.3 Å². The van der Waals surface area contributed by atoms with Crippen molar-refractivity contribution in [3.8, 4) is 5.75 Å². The second-order valence-electron chi connectivity index (χ2n) is 6.93. The molecule has 0 bridgehead atoms. The Kier molecular flexibility index (Phi) is 4.81. The van der Waals surface area contributed by atoms with Crippen LogP contribution in [0.4, 0.5) is 15.9 Å². The van der Waals surface area contributed by atoms with E-state index in [-0.39, 0.29) is 6.04 Å². The summed E-state index contributed by atoms with van der Waals surface area (Å²) in [5.74, 6) is 1.27. The van der Waals surface area contributed by atoms with Gasteiger partial charge in [0.25, 0.3) is 0 Å². The second-order valence-corrected chi connectivity index (χ2v) is 6.93. The van der Waals surface area contributed by atoms with E-state index >= 15 is 0 Å². The summed E-state index contributed by atoms with van der Waals surface area (Å²) >= 11 is 0. The molecule has 3 heterocycles. The zero-order chi connectivity index (χ0) is 20.7. The van der Waals surface area contributed by atoms with Gasteiger partial charge in [-0.05, 0) is 25.1 Å². The number of nitrogens with two attached hydrogens (primary N) is 2. The predicted octanol–water partition coefficient (Wildman–Crippen LogP) is 1.65. The number of methoxy groups -OCH3 is 1. The molecule has 3 aromatic rings. The third kappa shape index (κ3) is 3.26. The summed E-state index contributed by atoms with van der Waals surface area (Å²) in [6, 6.07) is 5.29. The average molecular weight is 398 g/mol. The van der Waals surface area contributed by atoms with Gasteiger partial charge >= 0.3 is 0 Å². The van der Waals surface area contributed by atoms with Gasteiger partial charge in [0.15, 0.2) is 23.7 Å². The summed E-state index contributed by atoms with van der Waals surface area (Å²) in [4.78, 5) is 16.5. The van der Waals surface area contributed by atoms with Crippen molar-refractivity contribution in [1.29, 1.82) is 0 Å². The molecule has 0 saturated heterocycles. The van der Waals surface area contributed by atoms with Crippen LogP contribution in [0.3, 0.4) is 0 Å². The Morgan fingerprint density at radius 3 is 2.52 bits per heavy atom. The van der Waals surface area contributed by atoms with Gasteiger partial charge in [0, 0.05) is 24.5 Å². The molecule has 4 N–H and O–H groups in total. The van der Waals surface area contributed by atoms with Crippen LogP contribution >= 0.6 is 0 Å². The highest BCUT2D eigenvalue weighted by atomic mass is 19.1. The van der Waals surface area contributed by atoms with Crippen molar-refractivity contribution in [3.05, 3.63) is 60.3 Å². The molecule has 1 aliphatic heterocycles. The van der Waals surface area contributed by atoms with Crippen LogP contribution in [0.1, 0.15) is 30.5 Å². The monoisotopic (exact) mass is 398 g/mol. The van der Waals surface area contributed by atoms with Crippen LogP contribution in [0.2, 0.25) is 0 Å². The molecule has 4 rings (SSSR count). The van der Waals surface area contributed by atoms with E-state index in [4.69, 9.17) is 16.2 Å². The van der Waals surface area contributed by atoms with Gasteiger partial charge < -0.3 is 24.8 Å². The molecule has 1 aromatic carbocycles. The number of hydrogen-bond donors (Lipinski definition) is 2. The van der Waals surface area contributed by atoms with E-state index in [1.807, 2.05) is 52.7 Å². The molecule has 29 heavy (non-hydrogen) atoms. The van der Waals surface area contributed by atoms with E-state index in [9.17, 15) is 4.39 Å². The van der Waals surface area contributed by atoms with Crippen LogP contribution in [0, 0.1) is 5.82 Å². The number of rotatable bonds is 4. The minimum atomic E-state index is -0.649. The van der Waals surface area contributed by atoms with Crippen molar-refractivity contribution in [2.75, 3.05) is 16.9 Å². The normalized spacial score (nSPS) is 19.8. The topological polar surface area (TPSA) is 111 Å². The molecule has 0 fully saturated rings. The number of nitrogens with zero attached hydrogens (tertiary/aromatic N) is 6. The summed E-state index contributed by atoms with van der Waals surface area (Å²) in [5.41, 5.74) is 14.9. The first kappa shape index (κ1) is 19.1. The lowest BCUT2D eigenvalue weighted by atomic mass is 10.0. The standard InChI is InChI=1S/C19H23FN8O/c1-11(18-23-7-12(20)8-24-18)27-15-5-4-13(29-3)6-14(15)17(21)28(19(27)22)16-9-26(2)10-25-16/h4-11,17,19H,21-22H2,1-3H3. The number of benzene rings is 1. The summed E-state index contributed by atoms with van der Waals surface area (Å²) in [6.45, 7) is 1.91. The quantitative estimate of drug-likeness (QED) is 0.682. The number of ether oxygens (including phenoxy) is 1. The Balaban J connectivity index is 1.84. The van der Waals surface area contributed by atoms with E-state index in [1.54, 1.807) is 13.4 Å². The number of halogens is 1. The lowest BCUT2D eigenvalue weighted by Crippen LogP contribution is -2.61. The lowest BCUT2D eigenvalue weighted by molar-refractivity contribution is 0.408. The van der Waals surface area contributed by atoms with Gasteiger partial charge in [0.2, 0.25) is 0 Å². The zero-order valence-electron chi connectivity index (χ0n) is 16.4. The molecule has 0 spiro atoms. The van der Waals surface area contributed by atoms with Gasteiger partial charge in [-0.3, -0.25) is 5.73 Å². The highest BCUT2D eigenvalue weighted by Gasteiger charge is 2.40. The first-order chi connectivity index (χ1) is 13.9. The van der Waals surface area contributed by atoms with Crippen LogP contribution in [0.5, 0.6) is 5.75 Å². The van der Waals surface area contributed by atoms with Crippen LogP contribution < -0.4 is 26.0 Å². The number of hydrogen-bond acceptors (Lipinski definition) is 8. The molecule has 0 aliphatic carbocycles. The number of aryl methyl sites for hydroxylation is 1. The molecule has 2 aromatic heterocycles. The van der Waals surface area contributed by atoms with Gasteiger partial charge in [-0.15, -0.1) is 0 Å². The highest BCUT2D eigenvalue weighted by Crippen LogP contribution is 2.42. The lowest BCUT2D eigenvalue weighted by Gasteiger charge is -2.49. The van der Waals surface area contributed by atoms with E-state index in [2.05, 4.69) is 15.0 Å². The van der Waals surface area contributed by atoms with Crippen molar-refractivity contribution < 1.29 is 9.13 Å². The molecular weight excluding hydrogens is 375 g/mol.